The summed E-state index contributed by atoms with van der Waals surface area (Å²) in [4.78, 5) is 23.7. The van der Waals surface area contributed by atoms with Crippen LogP contribution in [0.3, 0.4) is 0 Å². The Kier molecular flexibility index (Phi) is 8.27. The summed E-state index contributed by atoms with van der Waals surface area (Å²) in [6.07, 6.45) is 0. The minimum atomic E-state index is -1.26. The first-order chi connectivity index (χ1) is 11.4. The van der Waals surface area contributed by atoms with E-state index < -0.39 is 11.8 Å². The number of carboxylic acid groups (broad SMARTS) is 1. The second-order valence-electron chi connectivity index (χ2n) is 4.36. The molecule has 0 radical (unpaired) electrons. The van der Waals surface area contributed by atoms with E-state index in [0.29, 0.717) is 31.3 Å². The van der Waals surface area contributed by atoms with Gasteiger partial charge in [-0.2, -0.15) is 0 Å². The van der Waals surface area contributed by atoms with Crippen molar-refractivity contribution in [2.75, 3.05) is 19.8 Å². The Balaban J connectivity index is 3.48. The zero-order valence-electron chi connectivity index (χ0n) is 13.5. The lowest BCUT2D eigenvalue weighted by Gasteiger charge is -2.16. The third-order valence-corrected chi connectivity index (χ3v) is 4.79. The molecule has 0 bridgehead atoms. The molecule has 1 rings (SSSR count). The van der Waals surface area contributed by atoms with Crippen molar-refractivity contribution >= 4 is 43.6 Å². The number of hydrogen-bond acceptors (Lipinski definition) is 5. The number of allylic oxidation sites excluding steroid dienone is 1. The molecular weight excluding hydrogens is 448 g/mol. The van der Waals surface area contributed by atoms with Crippen molar-refractivity contribution in [3.63, 3.8) is 0 Å². The van der Waals surface area contributed by atoms with Crippen LogP contribution in [0.5, 0.6) is 17.2 Å². The molecule has 0 fully saturated rings. The Hall–Kier alpha value is -1.54. The highest BCUT2D eigenvalue weighted by atomic mass is 79.9. The van der Waals surface area contributed by atoms with Gasteiger partial charge in [-0.3, -0.25) is 4.79 Å². The first kappa shape index (κ1) is 20.5. The number of ketones is 1. The predicted molar refractivity (Wildman–Crippen MR) is 96.8 cm³/mol. The number of aliphatic carboxylic acids is 1. The van der Waals surface area contributed by atoms with Crippen LogP contribution in [0.15, 0.2) is 21.1 Å². The topological polar surface area (TPSA) is 82.1 Å². The van der Waals surface area contributed by atoms with Gasteiger partial charge >= 0.3 is 5.97 Å². The van der Waals surface area contributed by atoms with E-state index in [-0.39, 0.29) is 20.3 Å². The Morgan fingerprint density at radius 1 is 0.875 bits per heavy atom. The molecule has 0 aromatic heterocycles. The normalized spacial score (nSPS) is 11.5. The van der Waals surface area contributed by atoms with E-state index in [1.165, 1.54) is 6.07 Å². The quantitative estimate of drug-likeness (QED) is 0.435. The van der Waals surface area contributed by atoms with Crippen molar-refractivity contribution in [2.24, 2.45) is 0 Å². The number of carbonyl (C=O) groups is 2. The summed E-state index contributed by atoms with van der Waals surface area (Å²) in [5.41, 5.74) is 0.175. The summed E-state index contributed by atoms with van der Waals surface area (Å²) in [7, 11) is 0. The van der Waals surface area contributed by atoms with Gasteiger partial charge < -0.3 is 19.3 Å². The van der Waals surface area contributed by atoms with Crippen molar-refractivity contribution in [3.05, 3.63) is 26.7 Å². The molecule has 1 aromatic rings. The van der Waals surface area contributed by atoms with E-state index in [4.69, 9.17) is 19.3 Å². The zero-order chi connectivity index (χ0) is 18.3. The maximum Gasteiger partial charge on any atom is 0.344 e. The van der Waals surface area contributed by atoms with Crippen LogP contribution in [0.2, 0.25) is 0 Å². The summed E-state index contributed by atoms with van der Waals surface area (Å²) in [6, 6.07) is 3.06. The van der Waals surface area contributed by atoms with Crippen LogP contribution in [0.4, 0.5) is 0 Å². The predicted octanol–water partition coefficient (Wildman–Crippen LogP) is 4.15. The fourth-order valence-electron chi connectivity index (χ4n) is 1.84. The Morgan fingerprint density at radius 3 is 1.79 bits per heavy atom. The minimum absolute atomic E-state index is 0.123. The number of carbonyl (C=O) groups excluding carboxylic acids is 1. The number of halogens is 2. The second-order valence-corrected chi connectivity index (χ2v) is 5.94. The van der Waals surface area contributed by atoms with Gasteiger partial charge in [0.15, 0.2) is 11.5 Å². The third-order valence-electron chi connectivity index (χ3n) is 2.77. The fourth-order valence-corrected chi connectivity index (χ4v) is 2.41. The van der Waals surface area contributed by atoms with Gasteiger partial charge in [0.05, 0.1) is 29.9 Å². The largest absolute Gasteiger partial charge is 0.493 e. The van der Waals surface area contributed by atoms with E-state index in [1.807, 2.05) is 13.8 Å². The molecule has 0 atom stereocenters. The smallest absolute Gasteiger partial charge is 0.344 e. The first-order valence-corrected chi connectivity index (χ1v) is 8.85. The lowest BCUT2D eigenvalue weighted by Crippen LogP contribution is -2.09. The summed E-state index contributed by atoms with van der Waals surface area (Å²) < 4.78 is 16.1. The van der Waals surface area contributed by atoms with Crippen LogP contribution in [0.1, 0.15) is 31.1 Å². The lowest BCUT2D eigenvalue weighted by atomic mass is 10.1. The number of carboxylic acids is 1. The highest BCUT2D eigenvalue weighted by Gasteiger charge is 2.23. The van der Waals surface area contributed by atoms with Crippen molar-refractivity contribution in [2.45, 2.75) is 20.8 Å². The first-order valence-electron chi connectivity index (χ1n) is 7.26. The maximum atomic E-state index is 12.6. The number of benzene rings is 1. The minimum Gasteiger partial charge on any atom is -0.493 e. The average molecular weight is 466 g/mol. The van der Waals surface area contributed by atoms with E-state index in [1.54, 1.807) is 13.0 Å². The van der Waals surface area contributed by atoms with Crippen LogP contribution >= 0.6 is 31.9 Å². The molecule has 0 aliphatic rings. The van der Waals surface area contributed by atoms with Crippen molar-refractivity contribution in [1.29, 1.82) is 0 Å². The lowest BCUT2D eigenvalue weighted by molar-refractivity contribution is -0.131. The molecule has 0 amide bonds. The molecule has 0 heterocycles. The maximum absolute atomic E-state index is 12.6. The number of Topliss-reactive ketones (excluding diaryl/α,β-unsaturated/α-hetero) is 1. The molecule has 24 heavy (non-hydrogen) atoms. The Bertz CT molecular complexity index is 654. The van der Waals surface area contributed by atoms with Gasteiger partial charge in [-0.1, -0.05) is 0 Å². The number of rotatable bonds is 9. The van der Waals surface area contributed by atoms with Gasteiger partial charge in [0, 0.05) is 6.07 Å². The summed E-state index contributed by atoms with van der Waals surface area (Å²) in [5, 5.41) is 9.01. The molecule has 0 aliphatic carbocycles. The van der Waals surface area contributed by atoms with Crippen LogP contribution in [-0.2, 0) is 4.79 Å². The number of ether oxygens (including phenoxy) is 3. The Labute approximate surface area is 157 Å². The van der Waals surface area contributed by atoms with Crippen LogP contribution < -0.4 is 14.2 Å². The van der Waals surface area contributed by atoms with Crippen LogP contribution in [0.25, 0.3) is 0 Å². The molecule has 0 unspecified atom stereocenters. The molecular formula is C16H18Br2O6. The van der Waals surface area contributed by atoms with Gasteiger partial charge in [0.2, 0.25) is 5.78 Å². The molecule has 132 valence electrons. The van der Waals surface area contributed by atoms with E-state index in [9.17, 15) is 9.59 Å². The van der Waals surface area contributed by atoms with Crippen molar-refractivity contribution in [1.82, 2.24) is 0 Å². The third kappa shape index (κ3) is 4.98. The molecule has 0 saturated heterocycles. The van der Waals surface area contributed by atoms with Crippen LogP contribution in [-0.4, -0.2) is 36.7 Å². The van der Waals surface area contributed by atoms with E-state index in [0.717, 1.165) is 0 Å². The average Bonchev–Trinajstić information content (AvgIpc) is 2.55. The monoisotopic (exact) mass is 464 g/mol. The van der Waals surface area contributed by atoms with E-state index in [2.05, 4.69) is 31.9 Å². The SMILES string of the molecule is CCOc1cc(OCC)c(C(=O)C(Br)=C(Br)C(=O)O)cc1OCC. The fraction of sp³-hybridized carbons (Fsp3) is 0.375. The Morgan fingerprint density at radius 2 is 1.33 bits per heavy atom. The molecule has 6 nitrogen and oxygen atoms in total. The van der Waals surface area contributed by atoms with Crippen LogP contribution in [0, 0.1) is 0 Å². The molecule has 1 aromatic carbocycles. The molecule has 1 N–H and O–H groups in total. The van der Waals surface area contributed by atoms with Crippen molar-refractivity contribution < 1.29 is 28.9 Å². The highest BCUT2D eigenvalue weighted by molar-refractivity contribution is 9.14. The zero-order valence-corrected chi connectivity index (χ0v) is 16.7. The molecule has 0 spiro atoms. The summed E-state index contributed by atoms with van der Waals surface area (Å²) in [6.45, 7) is 6.57. The van der Waals surface area contributed by atoms with E-state index >= 15 is 0 Å². The van der Waals surface area contributed by atoms with Gasteiger partial charge in [0.25, 0.3) is 0 Å². The highest BCUT2D eigenvalue weighted by Crippen LogP contribution is 2.37. The summed E-state index contributed by atoms with van der Waals surface area (Å²) >= 11 is 5.89. The van der Waals surface area contributed by atoms with Crippen molar-refractivity contribution in [3.8, 4) is 17.2 Å². The molecule has 0 aliphatic heterocycles. The number of hydrogen-bond donors (Lipinski definition) is 1. The van der Waals surface area contributed by atoms with Gasteiger partial charge in [-0.05, 0) is 58.7 Å². The standard InChI is InChI=1S/C16H18Br2O6/c1-4-22-10-8-12(24-6-3)11(23-5-2)7-9(10)15(19)13(17)14(18)16(20)21/h7-8H,4-6H2,1-3H3,(H,20,21). The van der Waals surface area contributed by atoms with Gasteiger partial charge in [-0.15, -0.1) is 0 Å². The van der Waals surface area contributed by atoms with Gasteiger partial charge in [0.1, 0.15) is 10.2 Å². The summed E-state index contributed by atoms with van der Waals surface area (Å²) in [5.74, 6) is -0.674. The van der Waals surface area contributed by atoms with Gasteiger partial charge in [-0.25, -0.2) is 4.79 Å². The molecule has 8 heteroatoms. The molecule has 0 saturated carbocycles. The second kappa shape index (κ2) is 9.68.